The summed E-state index contributed by atoms with van der Waals surface area (Å²) < 4.78 is 10.2. The number of carbonyl (C=O) groups excluding carboxylic acids is 1. The van der Waals surface area contributed by atoms with Crippen molar-refractivity contribution in [2.24, 2.45) is 5.92 Å². The van der Waals surface area contributed by atoms with Crippen LogP contribution in [0.15, 0.2) is 0 Å². The van der Waals surface area contributed by atoms with Crippen LogP contribution in [0.3, 0.4) is 0 Å². The van der Waals surface area contributed by atoms with Gasteiger partial charge in [0.1, 0.15) is 0 Å². The van der Waals surface area contributed by atoms with Gasteiger partial charge in [-0.05, 0) is 32.7 Å². The van der Waals surface area contributed by atoms with Crippen molar-refractivity contribution in [2.45, 2.75) is 31.7 Å². The Morgan fingerprint density at radius 1 is 1.53 bits per heavy atom. The van der Waals surface area contributed by atoms with Crippen molar-refractivity contribution < 1.29 is 14.3 Å². The molecule has 0 aromatic rings. The lowest BCUT2D eigenvalue weighted by molar-refractivity contribution is -0.145. The van der Waals surface area contributed by atoms with E-state index in [1.165, 1.54) is 12.8 Å². The zero-order chi connectivity index (χ0) is 11.3. The highest BCUT2D eigenvalue weighted by atomic mass is 16.5. The van der Waals surface area contributed by atoms with Gasteiger partial charge >= 0.3 is 5.97 Å². The first kappa shape index (κ1) is 12.5. The number of hydrogen-bond acceptors (Lipinski definition) is 4. The first-order valence-corrected chi connectivity index (χ1v) is 5.52. The summed E-state index contributed by atoms with van der Waals surface area (Å²) in [5.41, 5.74) is -0.221. The maximum absolute atomic E-state index is 11.5. The van der Waals surface area contributed by atoms with E-state index >= 15 is 0 Å². The highest BCUT2D eigenvalue weighted by molar-refractivity contribution is 5.71. The van der Waals surface area contributed by atoms with Gasteiger partial charge in [-0.1, -0.05) is 0 Å². The Balaban J connectivity index is 2.57. The number of ether oxygens (including phenoxy) is 2. The average molecular weight is 215 g/mol. The minimum absolute atomic E-state index is 0.143. The number of carbonyl (C=O) groups is 1. The van der Waals surface area contributed by atoms with Crippen LogP contribution in [0.25, 0.3) is 0 Å². The first-order valence-electron chi connectivity index (χ1n) is 5.52. The number of nitrogens with one attached hydrogen (secondary N) is 1. The molecule has 1 unspecified atom stereocenters. The smallest absolute Gasteiger partial charge is 0.307 e. The minimum atomic E-state index is -0.221. The van der Waals surface area contributed by atoms with Gasteiger partial charge in [0.15, 0.2) is 0 Å². The van der Waals surface area contributed by atoms with Crippen molar-refractivity contribution in [2.75, 3.05) is 27.4 Å². The van der Waals surface area contributed by atoms with E-state index in [0.717, 1.165) is 0 Å². The van der Waals surface area contributed by atoms with Gasteiger partial charge in [0.05, 0.1) is 25.2 Å². The molecule has 1 aliphatic rings. The summed E-state index contributed by atoms with van der Waals surface area (Å²) in [5.74, 6) is 0.405. The number of hydrogen-bond donors (Lipinski definition) is 1. The molecule has 1 saturated carbocycles. The van der Waals surface area contributed by atoms with E-state index in [1.54, 1.807) is 7.11 Å². The highest BCUT2D eigenvalue weighted by Crippen LogP contribution is 2.41. The van der Waals surface area contributed by atoms with Gasteiger partial charge in [0, 0.05) is 7.11 Å². The Morgan fingerprint density at radius 3 is 2.60 bits per heavy atom. The third-order valence-electron chi connectivity index (χ3n) is 3.02. The summed E-state index contributed by atoms with van der Waals surface area (Å²) in [4.78, 5) is 11.5. The van der Waals surface area contributed by atoms with Gasteiger partial charge in [0.25, 0.3) is 0 Å². The molecular formula is C11H21NO3. The molecule has 1 aliphatic carbocycles. The molecule has 0 radical (unpaired) electrons. The SMILES string of the molecule is CCOC(=O)CC(COC)(NC)C1CC1. The summed E-state index contributed by atoms with van der Waals surface area (Å²) in [6.07, 6.45) is 2.74. The van der Waals surface area contributed by atoms with Gasteiger partial charge in [-0.3, -0.25) is 4.79 Å². The molecule has 1 fully saturated rings. The molecule has 0 aromatic carbocycles. The Kier molecular flexibility index (Phi) is 4.54. The minimum Gasteiger partial charge on any atom is -0.466 e. The molecule has 1 N–H and O–H groups in total. The first-order chi connectivity index (χ1) is 7.18. The van der Waals surface area contributed by atoms with Gasteiger partial charge in [-0.2, -0.15) is 0 Å². The zero-order valence-corrected chi connectivity index (χ0v) is 9.84. The van der Waals surface area contributed by atoms with Crippen LogP contribution in [0.5, 0.6) is 0 Å². The number of likely N-dealkylation sites (N-methyl/N-ethyl adjacent to an activating group) is 1. The van der Waals surface area contributed by atoms with E-state index in [9.17, 15) is 4.79 Å². The van der Waals surface area contributed by atoms with E-state index in [4.69, 9.17) is 9.47 Å². The quantitative estimate of drug-likeness (QED) is 0.642. The summed E-state index contributed by atoms with van der Waals surface area (Å²) in [7, 11) is 3.55. The Labute approximate surface area is 91.3 Å². The lowest BCUT2D eigenvalue weighted by atomic mass is 9.90. The average Bonchev–Trinajstić information content (AvgIpc) is 3.01. The molecule has 4 nitrogen and oxygen atoms in total. The predicted molar refractivity (Wildman–Crippen MR) is 57.6 cm³/mol. The summed E-state index contributed by atoms with van der Waals surface area (Å²) >= 11 is 0. The van der Waals surface area contributed by atoms with Crippen LogP contribution in [0.2, 0.25) is 0 Å². The maximum Gasteiger partial charge on any atom is 0.307 e. The topological polar surface area (TPSA) is 47.6 Å². The third-order valence-corrected chi connectivity index (χ3v) is 3.02. The van der Waals surface area contributed by atoms with Crippen molar-refractivity contribution in [3.05, 3.63) is 0 Å². The summed E-state index contributed by atoms with van der Waals surface area (Å²) in [6, 6.07) is 0. The molecule has 4 heteroatoms. The van der Waals surface area contributed by atoms with E-state index in [-0.39, 0.29) is 11.5 Å². The van der Waals surface area contributed by atoms with Crippen molar-refractivity contribution in [3.8, 4) is 0 Å². The van der Waals surface area contributed by atoms with Crippen LogP contribution in [-0.2, 0) is 14.3 Å². The van der Waals surface area contributed by atoms with Gasteiger partial charge in [-0.25, -0.2) is 0 Å². The molecule has 0 aromatic heterocycles. The fourth-order valence-electron chi connectivity index (χ4n) is 2.04. The van der Waals surface area contributed by atoms with Gasteiger partial charge in [0.2, 0.25) is 0 Å². The van der Waals surface area contributed by atoms with Gasteiger partial charge < -0.3 is 14.8 Å². The number of esters is 1. The second-order valence-corrected chi connectivity index (χ2v) is 4.10. The second kappa shape index (κ2) is 5.47. The Hall–Kier alpha value is -0.610. The number of rotatable bonds is 7. The molecule has 0 aliphatic heterocycles. The van der Waals surface area contributed by atoms with Crippen LogP contribution < -0.4 is 5.32 Å². The lowest BCUT2D eigenvalue weighted by Gasteiger charge is -2.32. The predicted octanol–water partition coefficient (Wildman–Crippen LogP) is 0.954. The monoisotopic (exact) mass is 215 g/mol. The molecule has 1 rings (SSSR count). The molecule has 0 bridgehead atoms. The van der Waals surface area contributed by atoms with Crippen molar-refractivity contribution in [1.82, 2.24) is 5.32 Å². The van der Waals surface area contributed by atoms with Crippen molar-refractivity contribution >= 4 is 5.97 Å². The molecule has 15 heavy (non-hydrogen) atoms. The van der Waals surface area contributed by atoms with Crippen LogP contribution >= 0.6 is 0 Å². The molecule has 0 spiro atoms. The molecule has 1 atom stereocenters. The van der Waals surface area contributed by atoms with E-state index in [1.807, 2.05) is 14.0 Å². The lowest BCUT2D eigenvalue weighted by Crippen LogP contribution is -2.51. The normalized spacial score (nSPS) is 19.7. The standard InChI is InChI=1S/C11H21NO3/c1-4-15-10(13)7-11(12-2,8-14-3)9-5-6-9/h9,12H,4-8H2,1-3H3. The van der Waals surface area contributed by atoms with Gasteiger partial charge in [-0.15, -0.1) is 0 Å². The highest BCUT2D eigenvalue weighted by Gasteiger charge is 2.45. The summed E-state index contributed by atoms with van der Waals surface area (Å²) in [6.45, 7) is 2.83. The van der Waals surface area contributed by atoms with Crippen molar-refractivity contribution in [1.29, 1.82) is 0 Å². The largest absolute Gasteiger partial charge is 0.466 e. The fourth-order valence-corrected chi connectivity index (χ4v) is 2.04. The second-order valence-electron chi connectivity index (χ2n) is 4.10. The maximum atomic E-state index is 11.5. The van der Waals surface area contributed by atoms with E-state index < -0.39 is 0 Å². The van der Waals surface area contributed by atoms with Crippen LogP contribution in [0, 0.1) is 5.92 Å². The number of methoxy groups -OCH3 is 1. The molecule has 88 valence electrons. The van der Waals surface area contributed by atoms with Crippen LogP contribution in [0.4, 0.5) is 0 Å². The molecule has 0 heterocycles. The van der Waals surface area contributed by atoms with Crippen LogP contribution in [-0.4, -0.2) is 38.9 Å². The molecule has 0 amide bonds. The summed E-state index contributed by atoms with van der Waals surface area (Å²) in [5, 5.41) is 3.24. The third kappa shape index (κ3) is 3.18. The fraction of sp³-hybridized carbons (Fsp3) is 0.909. The Morgan fingerprint density at radius 2 is 2.20 bits per heavy atom. The Bertz CT molecular complexity index is 216. The van der Waals surface area contributed by atoms with E-state index in [0.29, 0.717) is 25.6 Å². The van der Waals surface area contributed by atoms with E-state index in [2.05, 4.69) is 5.32 Å². The molecule has 0 saturated heterocycles. The zero-order valence-electron chi connectivity index (χ0n) is 9.84. The van der Waals surface area contributed by atoms with Crippen LogP contribution in [0.1, 0.15) is 26.2 Å². The van der Waals surface area contributed by atoms with Crippen molar-refractivity contribution in [3.63, 3.8) is 0 Å². The molecular weight excluding hydrogens is 194 g/mol.